The molecule has 0 unspecified atom stereocenters. The van der Waals surface area contributed by atoms with Gasteiger partial charge in [-0.15, -0.1) is 0 Å². The first-order valence-corrected chi connectivity index (χ1v) is 6.97. The largest absolute Gasteiger partial charge is 0.369 e. The summed E-state index contributed by atoms with van der Waals surface area (Å²) in [7, 11) is 0. The maximum atomic E-state index is 11.3. The number of amides is 1. The Labute approximate surface area is 112 Å². The average Bonchev–Trinajstić information content (AvgIpc) is 2.09. The number of rotatable bonds is 4. The van der Waals surface area contributed by atoms with Gasteiger partial charge >= 0.3 is 0 Å². The first-order valence-electron chi connectivity index (χ1n) is 6.97. The van der Waals surface area contributed by atoms with Gasteiger partial charge in [-0.25, -0.2) is 0 Å². The summed E-state index contributed by atoms with van der Waals surface area (Å²) in [5, 5.41) is 3.55. The van der Waals surface area contributed by atoms with Crippen LogP contribution in [0.25, 0.3) is 0 Å². The van der Waals surface area contributed by atoms with Crippen LogP contribution >= 0.6 is 0 Å². The van der Waals surface area contributed by atoms with Crippen LogP contribution in [0.2, 0.25) is 0 Å². The van der Waals surface area contributed by atoms with Gasteiger partial charge in [-0.05, 0) is 43.9 Å². The van der Waals surface area contributed by atoms with Crippen molar-refractivity contribution in [2.45, 2.75) is 66.8 Å². The topological polar surface area (TPSA) is 55.1 Å². The highest BCUT2D eigenvalue weighted by molar-refractivity contribution is 5.80. The van der Waals surface area contributed by atoms with Gasteiger partial charge in [0, 0.05) is 12.6 Å². The molecule has 0 atom stereocenters. The van der Waals surface area contributed by atoms with Crippen LogP contribution in [0.1, 0.15) is 60.8 Å². The summed E-state index contributed by atoms with van der Waals surface area (Å²) < 4.78 is 0. The second-order valence-electron chi connectivity index (χ2n) is 8.24. The van der Waals surface area contributed by atoms with Crippen molar-refractivity contribution < 1.29 is 4.79 Å². The SMILES string of the molecule is CC1(C)CC(NCC(C)(C)C(N)=O)CC(C)(C)C1. The van der Waals surface area contributed by atoms with Gasteiger partial charge in [0.2, 0.25) is 5.91 Å². The lowest BCUT2D eigenvalue weighted by Gasteiger charge is -2.45. The minimum Gasteiger partial charge on any atom is -0.369 e. The third kappa shape index (κ3) is 4.27. The van der Waals surface area contributed by atoms with Crippen LogP contribution in [0.4, 0.5) is 0 Å². The number of nitrogens with one attached hydrogen (secondary N) is 1. The molecule has 0 radical (unpaired) electrons. The molecular formula is C15H30N2O. The molecule has 0 spiro atoms. The van der Waals surface area contributed by atoms with Gasteiger partial charge < -0.3 is 11.1 Å². The van der Waals surface area contributed by atoms with Gasteiger partial charge in [-0.1, -0.05) is 27.7 Å². The van der Waals surface area contributed by atoms with E-state index in [4.69, 9.17) is 5.73 Å². The van der Waals surface area contributed by atoms with Crippen LogP contribution in [0.5, 0.6) is 0 Å². The lowest BCUT2D eigenvalue weighted by molar-refractivity contribution is -0.125. The van der Waals surface area contributed by atoms with E-state index in [0.717, 1.165) is 0 Å². The van der Waals surface area contributed by atoms with E-state index < -0.39 is 5.41 Å². The predicted octanol–water partition coefficient (Wildman–Crippen LogP) is 2.69. The minimum absolute atomic E-state index is 0.232. The molecule has 1 saturated carbocycles. The third-order valence-electron chi connectivity index (χ3n) is 4.05. The van der Waals surface area contributed by atoms with E-state index in [0.29, 0.717) is 23.4 Å². The fraction of sp³-hybridized carbons (Fsp3) is 0.933. The predicted molar refractivity (Wildman–Crippen MR) is 76.2 cm³/mol. The summed E-state index contributed by atoms with van der Waals surface area (Å²) in [5.41, 5.74) is 5.69. The zero-order valence-corrected chi connectivity index (χ0v) is 12.9. The highest BCUT2D eigenvalue weighted by Gasteiger charge is 2.39. The molecule has 1 fully saturated rings. The maximum Gasteiger partial charge on any atom is 0.224 e. The van der Waals surface area contributed by atoms with Crippen LogP contribution in [0.15, 0.2) is 0 Å². The summed E-state index contributed by atoms with van der Waals surface area (Å²) in [5.74, 6) is -0.232. The smallest absolute Gasteiger partial charge is 0.224 e. The molecule has 0 aromatic heterocycles. The number of carbonyl (C=O) groups is 1. The van der Waals surface area contributed by atoms with Crippen LogP contribution in [-0.4, -0.2) is 18.5 Å². The van der Waals surface area contributed by atoms with Crippen LogP contribution in [-0.2, 0) is 4.79 Å². The van der Waals surface area contributed by atoms with E-state index in [1.54, 1.807) is 0 Å². The number of hydrogen-bond acceptors (Lipinski definition) is 2. The zero-order chi connectivity index (χ0) is 14.2. The first kappa shape index (κ1) is 15.5. The Hall–Kier alpha value is -0.570. The van der Waals surface area contributed by atoms with Crippen LogP contribution in [0.3, 0.4) is 0 Å². The van der Waals surface area contributed by atoms with Gasteiger partial charge in [-0.3, -0.25) is 4.79 Å². The number of hydrogen-bond donors (Lipinski definition) is 2. The first-order chi connectivity index (χ1) is 7.94. The van der Waals surface area contributed by atoms with Crippen molar-refractivity contribution in [3.8, 4) is 0 Å². The molecule has 0 saturated heterocycles. The van der Waals surface area contributed by atoms with Gasteiger partial charge in [-0.2, -0.15) is 0 Å². The van der Waals surface area contributed by atoms with Crippen molar-refractivity contribution in [1.82, 2.24) is 5.32 Å². The summed E-state index contributed by atoms with van der Waals surface area (Å²) in [4.78, 5) is 11.3. The lowest BCUT2D eigenvalue weighted by atomic mass is 9.63. The van der Waals surface area contributed by atoms with Gasteiger partial charge in [0.15, 0.2) is 0 Å². The molecular weight excluding hydrogens is 224 g/mol. The van der Waals surface area contributed by atoms with Gasteiger partial charge in [0.25, 0.3) is 0 Å². The highest BCUT2D eigenvalue weighted by atomic mass is 16.1. The van der Waals surface area contributed by atoms with Crippen molar-refractivity contribution in [2.75, 3.05) is 6.54 Å². The quantitative estimate of drug-likeness (QED) is 0.810. The fourth-order valence-electron chi connectivity index (χ4n) is 3.48. The maximum absolute atomic E-state index is 11.3. The molecule has 0 aromatic carbocycles. The molecule has 3 nitrogen and oxygen atoms in total. The second-order valence-corrected chi connectivity index (χ2v) is 8.24. The van der Waals surface area contributed by atoms with Crippen LogP contribution in [0, 0.1) is 16.2 Å². The fourth-order valence-corrected chi connectivity index (χ4v) is 3.48. The molecule has 1 rings (SSSR count). The van der Waals surface area contributed by atoms with Crippen molar-refractivity contribution in [2.24, 2.45) is 22.0 Å². The molecule has 3 N–H and O–H groups in total. The normalized spacial score (nSPS) is 23.9. The molecule has 0 aromatic rings. The monoisotopic (exact) mass is 254 g/mol. The Kier molecular flexibility index (Phi) is 4.16. The Balaban J connectivity index is 2.60. The van der Waals surface area contributed by atoms with Gasteiger partial charge in [0.05, 0.1) is 5.41 Å². The summed E-state index contributed by atoms with van der Waals surface area (Å²) in [6, 6.07) is 0.488. The number of carbonyl (C=O) groups excluding carboxylic acids is 1. The summed E-state index contributed by atoms with van der Waals surface area (Å²) in [6.07, 6.45) is 3.61. The van der Waals surface area contributed by atoms with E-state index in [2.05, 4.69) is 33.0 Å². The molecule has 18 heavy (non-hydrogen) atoms. The zero-order valence-electron chi connectivity index (χ0n) is 12.9. The van der Waals surface area contributed by atoms with Crippen molar-refractivity contribution in [1.29, 1.82) is 0 Å². The summed E-state index contributed by atoms with van der Waals surface area (Å²) in [6.45, 7) is 13.8. The standard InChI is InChI=1S/C15H30N2O/c1-13(2)7-11(8-14(3,4)9-13)17-10-15(5,6)12(16)18/h11,17H,7-10H2,1-6H3,(H2,16,18). The van der Waals surface area contributed by atoms with E-state index in [-0.39, 0.29) is 5.91 Å². The molecule has 0 bridgehead atoms. The lowest BCUT2D eigenvalue weighted by Crippen LogP contribution is -2.48. The minimum atomic E-state index is -0.467. The molecule has 0 aliphatic heterocycles. The Morgan fingerprint density at radius 2 is 1.67 bits per heavy atom. The second kappa shape index (κ2) is 4.84. The Bertz CT molecular complexity index is 302. The summed E-state index contributed by atoms with van der Waals surface area (Å²) >= 11 is 0. The molecule has 1 aliphatic carbocycles. The molecule has 3 heteroatoms. The van der Waals surface area contributed by atoms with Crippen molar-refractivity contribution in [3.63, 3.8) is 0 Å². The van der Waals surface area contributed by atoms with E-state index in [1.165, 1.54) is 19.3 Å². The average molecular weight is 254 g/mol. The van der Waals surface area contributed by atoms with Gasteiger partial charge in [0.1, 0.15) is 0 Å². The number of primary amides is 1. The Morgan fingerprint density at radius 3 is 2.06 bits per heavy atom. The van der Waals surface area contributed by atoms with E-state index in [1.807, 2.05) is 13.8 Å². The Morgan fingerprint density at radius 1 is 1.22 bits per heavy atom. The van der Waals surface area contributed by atoms with Crippen LogP contribution < -0.4 is 11.1 Å². The van der Waals surface area contributed by atoms with Crippen molar-refractivity contribution >= 4 is 5.91 Å². The number of nitrogens with two attached hydrogens (primary N) is 1. The highest BCUT2D eigenvalue weighted by Crippen LogP contribution is 2.45. The molecule has 1 amide bonds. The third-order valence-corrected chi connectivity index (χ3v) is 4.05. The molecule has 106 valence electrons. The van der Waals surface area contributed by atoms with Crippen molar-refractivity contribution in [3.05, 3.63) is 0 Å². The van der Waals surface area contributed by atoms with E-state index >= 15 is 0 Å². The molecule has 1 aliphatic rings. The molecule has 0 heterocycles. The van der Waals surface area contributed by atoms with E-state index in [9.17, 15) is 4.79 Å².